The highest BCUT2D eigenvalue weighted by Crippen LogP contribution is 2.29. The van der Waals surface area contributed by atoms with Crippen LogP contribution in [-0.2, 0) is 11.4 Å². The van der Waals surface area contributed by atoms with Crippen molar-refractivity contribution in [2.24, 2.45) is 0 Å². The molecule has 0 fully saturated rings. The Bertz CT molecular complexity index is 762. The summed E-state index contributed by atoms with van der Waals surface area (Å²) in [6, 6.07) is 14.8. The molecule has 2 amide bonds. The average Bonchev–Trinajstić information content (AvgIpc) is 2.70. The summed E-state index contributed by atoms with van der Waals surface area (Å²) in [6.45, 7) is 2.99. The van der Waals surface area contributed by atoms with Gasteiger partial charge in [-0.15, -0.1) is 0 Å². The fourth-order valence-electron chi connectivity index (χ4n) is 2.48. The van der Waals surface area contributed by atoms with Gasteiger partial charge in [0, 0.05) is 19.2 Å². The van der Waals surface area contributed by atoms with Crippen LogP contribution < -0.4 is 14.8 Å². The molecule has 0 saturated carbocycles. The van der Waals surface area contributed by atoms with Gasteiger partial charge >= 0.3 is 0 Å². The number of benzene rings is 2. The highest BCUT2D eigenvalue weighted by Gasteiger charge is 2.17. The number of nitrogens with zero attached hydrogens (tertiary/aromatic N) is 1. The van der Waals surface area contributed by atoms with Crippen LogP contribution in [0.3, 0.4) is 0 Å². The van der Waals surface area contributed by atoms with Gasteiger partial charge in [0.05, 0.1) is 13.7 Å². The minimum atomic E-state index is -0.255. The van der Waals surface area contributed by atoms with Crippen LogP contribution in [0.15, 0.2) is 48.5 Å². The van der Waals surface area contributed by atoms with E-state index >= 15 is 0 Å². The number of nitrogens with one attached hydrogen (secondary N) is 1. The summed E-state index contributed by atoms with van der Waals surface area (Å²) in [5.41, 5.74) is 1.47. The van der Waals surface area contributed by atoms with Gasteiger partial charge in [0.1, 0.15) is 6.61 Å². The monoisotopic (exact) mass is 370 g/mol. The molecule has 0 heterocycles. The maximum atomic E-state index is 12.6. The molecule has 0 atom stereocenters. The van der Waals surface area contributed by atoms with E-state index in [4.69, 9.17) is 9.47 Å². The zero-order valence-electron chi connectivity index (χ0n) is 16.0. The Morgan fingerprint density at radius 3 is 2.48 bits per heavy atom. The van der Waals surface area contributed by atoms with Crippen molar-refractivity contribution in [2.75, 3.05) is 27.2 Å². The van der Waals surface area contributed by atoms with Crippen LogP contribution in [0, 0.1) is 0 Å². The summed E-state index contributed by atoms with van der Waals surface area (Å²) in [6.07, 6.45) is 0.852. The van der Waals surface area contributed by atoms with E-state index in [2.05, 4.69) is 5.32 Å². The van der Waals surface area contributed by atoms with E-state index in [0.29, 0.717) is 30.2 Å². The van der Waals surface area contributed by atoms with Gasteiger partial charge in [-0.1, -0.05) is 37.3 Å². The van der Waals surface area contributed by atoms with Crippen molar-refractivity contribution in [2.45, 2.75) is 20.0 Å². The molecule has 2 aromatic carbocycles. The number of hydrogen-bond donors (Lipinski definition) is 1. The Balaban J connectivity index is 2.03. The Morgan fingerprint density at radius 2 is 1.81 bits per heavy atom. The van der Waals surface area contributed by atoms with Gasteiger partial charge in [-0.3, -0.25) is 9.59 Å². The molecule has 27 heavy (non-hydrogen) atoms. The van der Waals surface area contributed by atoms with Gasteiger partial charge in [-0.2, -0.15) is 0 Å². The molecule has 0 aromatic heterocycles. The summed E-state index contributed by atoms with van der Waals surface area (Å²) in [5, 5.41) is 2.76. The molecular weight excluding hydrogens is 344 g/mol. The van der Waals surface area contributed by atoms with Crippen LogP contribution in [0.25, 0.3) is 0 Å². The number of likely N-dealkylation sites (N-methyl/N-ethyl adjacent to an activating group) is 1. The lowest BCUT2D eigenvalue weighted by Gasteiger charge is -2.18. The molecule has 0 saturated heterocycles. The van der Waals surface area contributed by atoms with Gasteiger partial charge in [-0.25, -0.2) is 0 Å². The van der Waals surface area contributed by atoms with Crippen molar-refractivity contribution in [1.29, 1.82) is 0 Å². The van der Waals surface area contributed by atoms with E-state index in [0.717, 1.165) is 12.0 Å². The fourth-order valence-corrected chi connectivity index (χ4v) is 2.48. The van der Waals surface area contributed by atoms with E-state index in [1.807, 2.05) is 37.3 Å². The number of amides is 2. The zero-order chi connectivity index (χ0) is 19.6. The molecular formula is C21H26N2O4. The topological polar surface area (TPSA) is 67.9 Å². The van der Waals surface area contributed by atoms with Crippen molar-refractivity contribution in [1.82, 2.24) is 10.2 Å². The Hall–Kier alpha value is -3.02. The molecule has 0 aliphatic carbocycles. The maximum Gasteiger partial charge on any atom is 0.254 e. The van der Waals surface area contributed by atoms with Gasteiger partial charge in [0.25, 0.3) is 5.91 Å². The first kappa shape index (κ1) is 20.3. The summed E-state index contributed by atoms with van der Waals surface area (Å²) in [4.78, 5) is 25.7. The number of methoxy groups -OCH3 is 1. The highest BCUT2D eigenvalue weighted by molar-refractivity contribution is 5.96. The largest absolute Gasteiger partial charge is 0.493 e. The van der Waals surface area contributed by atoms with Crippen molar-refractivity contribution < 1.29 is 19.1 Å². The predicted octanol–water partition coefficient (Wildman–Crippen LogP) is 2.87. The van der Waals surface area contributed by atoms with Crippen molar-refractivity contribution in [3.8, 4) is 11.5 Å². The molecule has 0 aliphatic heterocycles. The van der Waals surface area contributed by atoms with Crippen LogP contribution in [-0.4, -0.2) is 44.0 Å². The first-order valence-corrected chi connectivity index (χ1v) is 8.92. The minimum Gasteiger partial charge on any atom is -0.493 e. The lowest BCUT2D eigenvalue weighted by atomic mass is 10.1. The molecule has 2 rings (SSSR count). The number of rotatable bonds is 9. The second-order valence-corrected chi connectivity index (χ2v) is 6.15. The van der Waals surface area contributed by atoms with Crippen LogP contribution >= 0.6 is 0 Å². The van der Waals surface area contributed by atoms with Crippen LogP contribution in [0.4, 0.5) is 0 Å². The SMILES string of the molecule is CCCNC(=O)CN(C)C(=O)c1ccc(OCc2ccccc2)c(OC)c1. The average molecular weight is 370 g/mol. The normalized spacial score (nSPS) is 10.2. The molecule has 2 aromatic rings. The number of hydrogen-bond acceptors (Lipinski definition) is 4. The van der Waals surface area contributed by atoms with E-state index in [1.165, 1.54) is 12.0 Å². The molecule has 0 aliphatic rings. The fraction of sp³-hybridized carbons (Fsp3) is 0.333. The number of carbonyl (C=O) groups excluding carboxylic acids is 2. The Morgan fingerprint density at radius 1 is 1.07 bits per heavy atom. The van der Waals surface area contributed by atoms with Crippen molar-refractivity contribution in [3.05, 3.63) is 59.7 Å². The summed E-state index contributed by atoms with van der Waals surface area (Å²) < 4.78 is 11.2. The quantitative estimate of drug-likeness (QED) is 0.737. The maximum absolute atomic E-state index is 12.6. The third-order valence-corrected chi connectivity index (χ3v) is 3.95. The molecule has 6 nitrogen and oxygen atoms in total. The van der Waals surface area contributed by atoms with Gasteiger partial charge < -0.3 is 19.7 Å². The van der Waals surface area contributed by atoms with E-state index in [-0.39, 0.29) is 18.4 Å². The lowest BCUT2D eigenvalue weighted by molar-refractivity contribution is -0.121. The lowest BCUT2D eigenvalue weighted by Crippen LogP contribution is -2.38. The summed E-state index contributed by atoms with van der Waals surface area (Å²) in [7, 11) is 3.13. The molecule has 0 spiro atoms. The first-order valence-electron chi connectivity index (χ1n) is 8.92. The van der Waals surface area contributed by atoms with Crippen LogP contribution in [0.2, 0.25) is 0 Å². The standard InChI is InChI=1S/C21H26N2O4/c1-4-12-22-20(24)14-23(2)21(25)17-10-11-18(19(13-17)26-3)27-15-16-8-6-5-7-9-16/h5-11,13H,4,12,14-15H2,1-3H3,(H,22,24). The first-order chi connectivity index (χ1) is 13.0. The van der Waals surface area contributed by atoms with Crippen molar-refractivity contribution in [3.63, 3.8) is 0 Å². The Labute approximate surface area is 160 Å². The molecule has 144 valence electrons. The second-order valence-electron chi connectivity index (χ2n) is 6.15. The number of ether oxygens (including phenoxy) is 2. The third-order valence-electron chi connectivity index (χ3n) is 3.95. The molecule has 1 N–H and O–H groups in total. The summed E-state index contributed by atoms with van der Waals surface area (Å²) in [5.74, 6) is 0.596. The van der Waals surface area contributed by atoms with E-state index in [1.54, 1.807) is 25.2 Å². The molecule has 0 radical (unpaired) electrons. The van der Waals surface area contributed by atoms with Crippen LogP contribution in [0.5, 0.6) is 11.5 Å². The third kappa shape index (κ3) is 6.02. The van der Waals surface area contributed by atoms with Crippen molar-refractivity contribution >= 4 is 11.8 Å². The van der Waals surface area contributed by atoms with Crippen LogP contribution in [0.1, 0.15) is 29.3 Å². The molecule has 0 bridgehead atoms. The highest BCUT2D eigenvalue weighted by atomic mass is 16.5. The molecule has 6 heteroatoms. The van der Waals surface area contributed by atoms with Gasteiger partial charge in [0.15, 0.2) is 11.5 Å². The van der Waals surface area contributed by atoms with Gasteiger partial charge in [0.2, 0.25) is 5.91 Å². The second kappa shape index (κ2) is 10.2. The smallest absolute Gasteiger partial charge is 0.254 e. The molecule has 0 unspecified atom stereocenters. The van der Waals surface area contributed by atoms with E-state index < -0.39 is 0 Å². The minimum absolute atomic E-state index is 0.00735. The summed E-state index contributed by atoms with van der Waals surface area (Å²) >= 11 is 0. The van der Waals surface area contributed by atoms with Gasteiger partial charge in [-0.05, 0) is 30.2 Å². The zero-order valence-corrected chi connectivity index (χ0v) is 16.0. The van der Waals surface area contributed by atoms with E-state index in [9.17, 15) is 9.59 Å². The predicted molar refractivity (Wildman–Crippen MR) is 104 cm³/mol. The Kier molecular flexibility index (Phi) is 7.67. The number of carbonyl (C=O) groups is 2.